The molecule has 0 heterocycles. The first-order chi connectivity index (χ1) is 8.04. The van der Waals surface area contributed by atoms with E-state index in [9.17, 15) is 4.79 Å². The van der Waals surface area contributed by atoms with Gasteiger partial charge in [0.2, 0.25) is 0 Å². The van der Waals surface area contributed by atoms with E-state index in [2.05, 4.69) is 5.32 Å². The number of carboxylic acid groups (broad SMARTS) is 1. The molecule has 0 aromatic heterocycles. The first-order valence-electron chi connectivity index (χ1n) is 5.15. The van der Waals surface area contributed by atoms with E-state index >= 15 is 0 Å². The summed E-state index contributed by atoms with van der Waals surface area (Å²) in [5.74, 6) is -0.897. The summed E-state index contributed by atoms with van der Waals surface area (Å²) in [6.45, 7) is 2.20. The number of hydrogen-bond donors (Lipinski definition) is 2. The lowest BCUT2D eigenvalue weighted by Crippen LogP contribution is -2.05. The smallest absolute Gasteiger partial charge is 0.331 e. The standard InChI is InChI=1S/C12H13Cl2NO2/c1-2-8(12(16)17)5-6-15-11-7-9(13)3-4-10(11)14/h3-5,7,15H,2,6H2,1H3,(H,16,17)/b8-5-. The summed E-state index contributed by atoms with van der Waals surface area (Å²) in [5, 5.41) is 13.0. The minimum Gasteiger partial charge on any atom is -0.478 e. The molecule has 3 nitrogen and oxygen atoms in total. The maximum atomic E-state index is 10.8. The second-order valence-electron chi connectivity index (χ2n) is 3.39. The van der Waals surface area contributed by atoms with Crippen LogP contribution in [0, 0.1) is 0 Å². The number of halogens is 2. The number of carboxylic acids is 1. The van der Waals surface area contributed by atoms with E-state index in [0.29, 0.717) is 34.3 Å². The van der Waals surface area contributed by atoms with Gasteiger partial charge in [-0.05, 0) is 24.6 Å². The van der Waals surface area contributed by atoms with Crippen molar-refractivity contribution in [1.29, 1.82) is 0 Å². The summed E-state index contributed by atoms with van der Waals surface area (Å²) in [5.41, 5.74) is 1.06. The number of benzene rings is 1. The molecule has 1 aromatic rings. The lowest BCUT2D eigenvalue weighted by molar-refractivity contribution is -0.132. The summed E-state index contributed by atoms with van der Waals surface area (Å²) >= 11 is 11.8. The molecule has 0 aliphatic carbocycles. The number of aliphatic carboxylic acids is 1. The summed E-state index contributed by atoms with van der Waals surface area (Å²) in [6, 6.07) is 5.08. The van der Waals surface area contributed by atoms with Gasteiger partial charge < -0.3 is 10.4 Å². The Labute approximate surface area is 110 Å². The van der Waals surface area contributed by atoms with E-state index in [1.54, 1.807) is 31.2 Å². The number of nitrogens with one attached hydrogen (secondary N) is 1. The fourth-order valence-corrected chi connectivity index (χ4v) is 1.66. The Balaban J connectivity index is 2.67. The van der Waals surface area contributed by atoms with Crippen LogP contribution in [0.2, 0.25) is 10.0 Å². The first-order valence-corrected chi connectivity index (χ1v) is 5.91. The van der Waals surface area contributed by atoms with E-state index in [1.807, 2.05) is 0 Å². The highest BCUT2D eigenvalue weighted by atomic mass is 35.5. The van der Waals surface area contributed by atoms with Crippen LogP contribution >= 0.6 is 23.2 Å². The SMILES string of the molecule is CC/C(=C/CNc1cc(Cl)ccc1Cl)C(=O)O. The molecule has 17 heavy (non-hydrogen) atoms. The number of carbonyl (C=O) groups is 1. The van der Waals surface area contributed by atoms with Crippen LogP contribution in [0.15, 0.2) is 29.8 Å². The molecule has 0 amide bonds. The Bertz CT molecular complexity index is 444. The van der Waals surface area contributed by atoms with Crippen LogP contribution in [-0.2, 0) is 4.79 Å². The summed E-state index contributed by atoms with van der Waals surface area (Å²) in [6.07, 6.45) is 2.11. The third-order valence-corrected chi connectivity index (χ3v) is 2.79. The molecule has 0 saturated carbocycles. The van der Waals surface area contributed by atoms with Gasteiger partial charge in [-0.25, -0.2) is 4.79 Å². The normalized spacial score (nSPS) is 11.4. The van der Waals surface area contributed by atoms with Gasteiger partial charge in [0.15, 0.2) is 0 Å². The van der Waals surface area contributed by atoms with Gasteiger partial charge in [-0.1, -0.05) is 36.2 Å². The molecule has 0 aliphatic heterocycles. The minimum atomic E-state index is -0.897. The van der Waals surface area contributed by atoms with Gasteiger partial charge in [0.1, 0.15) is 0 Å². The number of anilines is 1. The molecule has 2 N–H and O–H groups in total. The van der Waals surface area contributed by atoms with Crippen LogP contribution in [0.3, 0.4) is 0 Å². The minimum absolute atomic E-state index is 0.371. The van der Waals surface area contributed by atoms with E-state index in [0.717, 1.165) is 0 Å². The Kier molecular flexibility index (Phi) is 5.32. The van der Waals surface area contributed by atoms with E-state index in [1.165, 1.54) is 0 Å². The molecule has 1 aromatic carbocycles. The highest BCUT2D eigenvalue weighted by molar-refractivity contribution is 6.35. The zero-order chi connectivity index (χ0) is 12.8. The molecule has 92 valence electrons. The van der Waals surface area contributed by atoms with Gasteiger partial charge in [-0.3, -0.25) is 0 Å². The average molecular weight is 274 g/mol. The molecule has 1 rings (SSSR count). The highest BCUT2D eigenvalue weighted by Gasteiger charge is 2.04. The van der Waals surface area contributed by atoms with Crippen LogP contribution in [0.5, 0.6) is 0 Å². The molecule has 0 unspecified atom stereocenters. The quantitative estimate of drug-likeness (QED) is 0.802. The van der Waals surface area contributed by atoms with Gasteiger partial charge in [-0.2, -0.15) is 0 Å². The zero-order valence-corrected chi connectivity index (χ0v) is 10.8. The summed E-state index contributed by atoms with van der Waals surface area (Å²) in [7, 11) is 0. The molecule has 0 atom stereocenters. The molecular weight excluding hydrogens is 261 g/mol. The molecule has 0 spiro atoms. The maximum absolute atomic E-state index is 10.8. The van der Waals surface area contributed by atoms with E-state index < -0.39 is 5.97 Å². The largest absolute Gasteiger partial charge is 0.478 e. The Morgan fingerprint density at radius 1 is 1.47 bits per heavy atom. The molecule has 0 aliphatic rings. The third kappa shape index (κ3) is 4.29. The average Bonchev–Trinajstić information content (AvgIpc) is 2.28. The topological polar surface area (TPSA) is 49.3 Å². The molecule has 0 fully saturated rings. The summed E-state index contributed by atoms with van der Waals surface area (Å²) in [4.78, 5) is 10.8. The fourth-order valence-electron chi connectivity index (χ4n) is 1.30. The van der Waals surface area contributed by atoms with Crippen LogP contribution in [0.25, 0.3) is 0 Å². The maximum Gasteiger partial charge on any atom is 0.331 e. The second kappa shape index (κ2) is 6.52. The van der Waals surface area contributed by atoms with Crippen molar-refractivity contribution >= 4 is 34.9 Å². The number of hydrogen-bond acceptors (Lipinski definition) is 2. The van der Waals surface area contributed by atoms with Crippen molar-refractivity contribution < 1.29 is 9.90 Å². The van der Waals surface area contributed by atoms with Crippen molar-refractivity contribution in [3.63, 3.8) is 0 Å². The van der Waals surface area contributed by atoms with E-state index in [4.69, 9.17) is 28.3 Å². The van der Waals surface area contributed by atoms with E-state index in [-0.39, 0.29) is 0 Å². The predicted octanol–water partition coefficient (Wildman–Crippen LogP) is 3.83. The van der Waals surface area contributed by atoms with Crippen molar-refractivity contribution in [2.45, 2.75) is 13.3 Å². The Morgan fingerprint density at radius 2 is 2.18 bits per heavy atom. The highest BCUT2D eigenvalue weighted by Crippen LogP contribution is 2.25. The van der Waals surface area contributed by atoms with Gasteiger partial charge in [0.05, 0.1) is 10.7 Å². The monoisotopic (exact) mass is 273 g/mol. The number of rotatable bonds is 5. The first kappa shape index (κ1) is 13.9. The molecule has 0 saturated heterocycles. The van der Waals surface area contributed by atoms with Gasteiger partial charge in [0, 0.05) is 17.1 Å². The zero-order valence-electron chi connectivity index (χ0n) is 9.34. The molecule has 5 heteroatoms. The molecule has 0 radical (unpaired) electrons. The fraction of sp³-hybridized carbons (Fsp3) is 0.250. The van der Waals surface area contributed by atoms with Gasteiger partial charge in [0.25, 0.3) is 0 Å². The Hall–Kier alpha value is -1.19. The van der Waals surface area contributed by atoms with Crippen molar-refractivity contribution in [1.82, 2.24) is 0 Å². The third-order valence-electron chi connectivity index (χ3n) is 2.22. The van der Waals surface area contributed by atoms with Crippen molar-refractivity contribution in [3.8, 4) is 0 Å². The van der Waals surface area contributed by atoms with Gasteiger partial charge in [-0.15, -0.1) is 0 Å². The predicted molar refractivity (Wildman–Crippen MR) is 71.0 cm³/mol. The van der Waals surface area contributed by atoms with Crippen LogP contribution in [-0.4, -0.2) is 17.6 Å². The lowest BCUT2D eigenvalue weighted by Gasteiger charge is -2.07. The Morgan fingerprint density at radius 3 is 2.76 bits per heavy atom. The van der Waals surface area contributed by atoms with Crippen LogP contribution in [0.4, 0.5) is 5.69 Å². The van der Waals surface area contributed by atoms with Gasteiger partial charge >= 0.3 is 5.97 Å². The van der Waals surface area contributed by atoms with Crippen LogP contribution < -0.4 is 5.32 Å². The summed E-state index contributed by atoms with van der Waals surface area (Å²) < 4.78 is 0. The van der Waals surface area contributed by atoms with Crippen LogP contribution in [0.1, 0.15) is 13.3 Å². The molecular formula is C12H13Cl2NO2. The van der Waals surface area contributed by atoms with Crippen molar-refractivity contribution in [2.24, 2.45) is 0 Å². The molecule has 0 bridgehead atoms. The second-order valence-corrected chi connectivity index (χ2v) is 4.24. The lowest BCUT2D eigenvalue weighted by atomic mass is 10.2. The van der Waals surface area contributed by atoms with Crippen molar-refractivity contribution in [3.05, 3.63) is 39.9 Å². The van der Waals surface area contributed by atoms with Crippen molar-refractivity contribution in [2.75, 3.05) is 11.9 Å².